The first-order chi connectivity index (χ1) is 16.4. The van der Waals surface area contributed by atoms with Crippen molar-refractivity contribution in [2.75, 3.05) is 12.4 Å². The van der Waals surface area contributed by atoms with Gasteiger partial charge < -0.3 is 5.32 Å². The summed E-state index contributed by atoms with van der Waals surface area (Å²) in [6, 6.07) is 15.9. The molecule has 2 aromatic carbocycles. The molecule has 1 amide bonds. The number of hydrogen-bond acceptors (Lipinski definition) is 3. The molecule has 0 saturated heterocycles. The maximum Gasteiger partial charge on any atom is 0.243 e. The van der Waals surface area contributed by atoms with Gasteiger partial charge in [0.1, 0.15) is 0 Å². The molecule has 2 rings (SSSR count). The van der Waals surface area contributed by atoms with E-state index in [2.05, 4.69) is 12.2 Å². The van der Waals surface area contributed by atoms with Gasteiger partial charge in [0.25, 0.3) is 0 Å². The number of benzene rings is 2. The van der Waals surface area contributed by atoms with E-state index in [9.17, 15) is 13.2 Å². The van der Waals surface area contributed by atoms with E-state index in [1.54, 1.807) is 31.3 Å². The molecule has 0 spiro atoms. The average Bonchev–Trinajstić information content (AvgIpc) is 2.83. The van der Waals surface area contributed by atoms with Crippen LogP contribution in [-0.4, -0.2) is 25.7 Å². The lowest BCUT2D eigenvalue weighted by Crippen LogP contribution is -2.26. The van der Waals surface area contributed by atoms with Crippen molar-refractivity contribution in [2.24, 2.45) is 0 Å². The highest BCUT2D eigenvalue weighted by atomic mass is 32.2. The summed E-state index contributed by atoms with van der Waals surface area (Å²) in [5.74, 6) is -0.0206. The van der Waals surface area contributed by atoms with Crippen LogP contribution in [-0.2, 0) is 21.4 Å². The van der Waals surface area contributed by atoms with Crippen molar-refractivity contribution in [2.45, 2.75) is 95.4 Å². The van der Waals surface area contributed by atoms with E-state index in [0.717, 1.165) is 18.4 Å². The van der Waals surface area contributed by atoms with Gasteiger partial charge in [-0.3, -0.25) is 4.79 Å². The first kappa shape index (κ1) is 28.1. The zero-order valence-corrected chi connectivity index (χ0v) is 21.8. The second-order valence-electron chi connectivity index (χ2n) is 9.10. The fourth-order valence-electron chi connectivity index (χ4n) is 3.99. The minimum Gasteiger partial charge on any atom is -0.326 e. The fourth-order valence-corrected chi connectivity index (χ4v) is 5.15. The van der Waals surface area contributed by atoms with Crippen LogP contribution in [0.3, 0.4) is 0 Å². The van der Waals surface area contributed by atoms with Gasteiger partial charge in [0.15, 0.2) is 0 Å². The molecule has 0 aliphatic heterocycles. The number of nitrogens with one attached hydrogen (secondary N) is 1. The zero-order valence-electron chi connectivity index (χ0n) is 21.0. The van der Waals surface area contributed by atoms with Crippen LogP contribution in [0, 0.1) is 0 Å². The largest absolute Gasteiger partial charge is 0.326 e. The van der Waals surface area contributed by atoms with Crippen LogP contribution in [0.1, 0.15) is 89.5 Å². The third kappa shape index (κ3) is 10.4. The summed E-state index contributed by atoms with van der Waals surface area (Å²) in [6.45, 7) is 2.55. The number of anilines is 1. The van der Waals surface area contributed by atoms with E-state index in [1.165, 1.54) is 62.1 Å². The number of amides is 1. The van der Waals surface area contributed by atoms with Crippen molar-refractivity contribution in [1.82, 2.24) is 4.31 Å². The summed E-state index contributed by atoms with van der Waals surface area (Å²) in [5, 5.41) is 2.88. The van der Waals surface area contributed by atoms with E-state index >= 15 is 0 Å². The molecule has 0 atom stereocenters. The van der Waals surface area contributed by atoms with Gasteiger partial charge in [-0.1, -0.05) is 101 Å². The standard InChI is InChI=1S/C28H42N2O3S/c1-3-4-5-6-7-8-9-10-11-12-16-19-28(31)29-26-20-22-27(23-21-26)34(32,33)30(2)24-25-17-14-13-15-18-25/h13-15,17-18,20-23H,3-12,16,19,24H2,1-2H3,(H,29,31). The molecule has 0 unspecified atom stereocenters. The summed E-state index contributed by atoms with van der Waals surface area (Å²) in [7, 11) is -2.02. The van der Waals surface area contributed by atoms with Crippen LogP contribution in [0.4, 0.5) is 5.69 Å². The van der Waals surface area contributed by atoms with Gasteiger partial charge in [-0.15, -0.1) is 0 Å². The molecule has 0 aliphatic carbocycles. The smallest absolute Gasteiger partial charge is 0.243 e. The first-order valence-corrected chi connectivity index (χ1v) is 14.3. The van der Waals surface area contributed by atoms with Crippen LogP contribution < -0.4 is 5.32 Å². The SMILES string of the molecule is CCCCCCCCCCCCCC(=O)Nc1ccc(S(=O)(=O)N(C)Cc2ccccc2)cc1. The Hall–Kier alpha value is -2.18. The Labute approximate surface area is 207 Å². The molecule has 0 heterocycles. The van der Waals surface area contributed by atoms with Crippen LogP contribution in [0.25, 0.3) is 0 Å². The summed E-state index contributed by atoms with van der Waals surface area (Å²) in [5.41, 5.74) is 1.55. The summed E-state index contributed by atoms with van der Waals surface area (Å²) in [6.07, 6.45) is 14.3. The number of unbranched alkanes of at least 4 members (excludes halogenated alkanes) is 10. The van der Waals surface area contributed by atoms with Crippen LogP contribution >= 0.6 is 0 Å². The minimum atomic E-state index is -3.60. The highest BCUT2D eigenvalue weighted by Gasteiger charge is 2.20. The Morgan fingerprint density at radius 1 is 0.765 bits per heavy atom. The third-order valence-electron chi connectivity index (χ3n) is 6.10. The lowest BCUT2D eigenvalue weighted by atomic mass is 10.1. The zero-order chi connectivity index (χ0) is 24.7. The quantitative estimate of drug-likeness (QED) is 0.242. The van der Waals surface area contributed by atoms with Crippen LogP contribution in [0.2, 0.25) is 0 Å². The molecule has 6 heteroatoms. The van der Waals surface area contributed by atoms with Crippen molar-refractivity contribution in [3.8, 4) is 0 Å². The van der Waals surface area contributed by atoms with E-state index in [1.807, 2.05) is 30.3 Å². The predicted octanol–water partition coefficient (Wildman–Crippen LogP) is 7.15. The molecule has 0 aromatic heterocycles. The van der Waals surface area contributed by atoms with Crippen molar-refractivity contribution in [3.63, 3.8) is 0 Å². The van der Waals surface area contributed by atoms with Gasteiger partial charge in [-0.2, -0.15) is 4.31 Å². The molecule has 0 aliphatic rings. The number of sulfonamides is 1. The van der Waals surface area contributed by atoms with Gasteiger partial charge in [0, 0.05) is 25.7 Å². The van der Waals surface area contributed by atoms with Crippen molar-refractivity contribution >= 4 is 21.6 Å². The monoisotopic (exact) mass is 486 g/mol. The third-order valence-corrected chi connectivity index (χ3v) is 7.92. The van der Waals surface area contributed by atoms with Crippen LogP contribution in [0.15, 0.2) is 59.5 Å². The van der Waals surface area contributed by atoms with E-state index in [0.29, 0.717) is 18.7 Å². The predicted molar refractivity (Wildman–Crippen MR) is 141 cm³/mol. The van der Waals surface area contributed by atoms with E-state index in [4.69, 9.17) is 0 Å². The topological polar surface area (TPSA) is 66.5 Å². The molecule has 2 aromatic rings. The van der Waals surface area contributed by atoms with E-state index in [-0.39, 0.29) is 10.8 Å². The Morgan fingerprint density at radius 2 is 1.29 bits per heavy atom. The van der Waals surface area contributed by atoms with E-state index < -0.39 is 10.0 Å². The lowest BCUT2D eigenvalue weighted by molar-refractivity contribution is -0.116. The Morgan fingerprint density at radius 3 is 1.85 bits per heavy atom. The van der Waals surface area contributed by atoms with Crippen molar-refractivity contribution < 1.29 is 13.2 Å². The molecular weight excluding hydrogens is 444 g/mol. The molecule has 0 fully saturated rings. The van der Waals surface area contributed by atoms with Gasteiger partial charge in [0.2, 0.25) is 15.9 Å². The van der Waals surface area contributed by atoms with Gasteiger partial charge in [-0.05, 0) is 36.2 Å². The highest BCUT2D eigenvalue weighted by Crippen LogP contribution is 2.20. The molecule has 188 valence electrons. The highest BCUT2D eigenvalue weighted by molar-refractivity contribution is 7.89. The van der Waals surface area contributed by atoms with Gasteiger partial charge >= 0.3 is 0 Å². The van der Waals surface area contributed by atoms with Crippen LogP contribution in [0.5, 0.6) is 0 Å². The summed E-state index contributed by atoms with van der Waals surface area (Å²) in [4.78, 5) is 12.4. The van der Waals surface area contributed by atoms with Crippen molar-refractivity contribution in [3.05, 3.63) is 60.2 Å². The number of hydrogen-bond donors (Lipinski definition) is 1. The number of carbonyl (C=O) groups excluding carboxylic acids is 1. The molecule has 0 bridgehead atoms. The number of carbonyl (C=O) groups is 1. The van der Waals surface area contributed by atoms with Crippen molar-refractivity contribution in [1.29, 1.82) is 0 Å². The molecule has 34 heavy (non-hydrogen) atoms. The molecule has 1 N–H and O–H groups in total. The minimum absolute atomic E-state index is 0.0206. The molecule has 0 saturated carbocycles. The molecular formula is C28H42N2O3S. The normalized spacial score (nSPS) is 11.6. The molecule has 5 nitrogen and oxygen atoms in total. The van der Waals surface area contributed by atoms with Gasteiger partial charge in [-0.25, -0.2) is 8.42 Å². The second kappa shape index (κ2) is 15.7. The maximum absolute atomic E-state index is 12.8. The Bertz CT molecular complexity index is 928. The Kier molecular flexibility index (Phi) is 12.9. The number of rotatable bonds is 17. The van der Waals surface area contributed by atoms with Gasteiger partial charge in [0.05, 0.1) is 4.90 Å². The maximum atomic E-state index is 12.8. The number of nitrogens with zero attached hydrogens (tertiary/aromatic N) is 1. The second-order valence-corrected chi connectivity index (χ2v) is 11.1. The Balaban J connectivity index is 1.65. The lowest BCUT2D eigenvalue weighted by Gasteiger charge is -2.17. The summed E-state index contributed by atoms with van der Waals surface area (Å²) < 4.78 is 27.0. The molecule has 0 radical (unpaired) electrons. The average molecular weight is 487 g/mol. The summed E-state index contributed by atoms with van der Waals surface area (Å²) >= 11 is 0. The fraction of sp³-hybridized carbons (Fsp3) is 0.536. The first-order valence-electron chi connectivity index (χ1n) is 12.8.